The largest absolute Gasteiger partial charge is 0.486 e. The summed E-state index contributed by atoms with van der Waals surface area (Å²) >= 11 is 0. The molecule has 0 spiro atoms. The molecule has 1 aromatic rings. The van der Waals surface area contributed by atoms with E-state index in [1.807, 2.05) is 0 Å². The summed E-state index contributed by atoms with van der Waals surface area (Å²) in [7, 11) is 0. The number of halogens is 3. The minimum absolute atomic E-state index is 0.00803. The van der Waals surface area contributed by atoms with Crippen LogP contribution in [0.3, 0.4) is 0 Å². The number of carbonyl (C=O) groups excluding carboxylic acids is 2. The number of carbonyl (C=O) groups is 2. The number of ether oxygens (including phenoxy) is 1. The number of nitrogens with zero attached hydrogens (tertiary/aromatic N) is 1. The number of rotatable bonds is 3. The SMILES string of the molecule is CCC(=O)c1ccc2c(c1)N(C(=O)C(F)(F)F)CC(CC)O2. The van der Waals surface area contributed by atoms with Gasteiger partial charge in [0.25, 0.3) is 0 Å². The van der Waals surface area contributed by atoms with Crippen molar-refractivity contribution in [2.45, 2.75) is 39.0 Å². The van der Waals surface area contributed by atoms with Crippen molar-refractivity contribution in [2.24, 2.45) is 0 Å². The number of ketones is 1. The smallest absolute Gasteiger partial charge is 0.471 e. The molecule has 120 valence electrons. The summed E-state index contributed by atoms with van der Waals surface area (Å²) in [5, 5.41) is 0. The van der Waals surface area contributed by atoms with Crippen molar-refractivity contribution < 1.29 is 27.5 Å². The van der Waals surface area contributed by atoms with Crippen LogP contribution >= 0.6 is 0 Å². The summed E-state index contributed by atoms with van der Waals surface area (Å²) in [6, 6.07) is 4.23. The standard InChI is InChI=1S/C15H16F3NO3/c1-3-10-8-19(14(21)15(16,17)18)11-7-9(12(20)4-2)5-6-13(11)22-10/h5-7,10H,3-4,8H2,1-2H3. The van der Waals surface area contributed by atoms with E-state index < -0.39 is 18.2 Å². The Bertz CT molecular complexity index is 598. The molecular formula is C15H16F3NO3. The van der Waals surface area contributed by atoms with Crippen molar-refractivity contribution in [2.75, 3.05) is 11.4 Å². The van der Waals surface area contributed by atoms with Gasteiger partial charge in [-0.1, -0.05) is 13.8 Å². The van der Waals surface area contributed by atoms with E-state index in [1.54, 1.807) is 13.8 Å². The van der Waals surface area contributed by atoms with Crippen molar-refractivity contribution in [3.63, 3.8) is 0 Å². The highest BCUT2D eigenvalue weighted by molar-refractivity contribution is 6.02. The van der Waals surface area contributed by atoms with Crippen LogP contribution in [0.1, 0.15) is 37.0 Å². The second-order valence-electron chi connectivity index (χ2n) is 5.02. The first-order valence-corrected chi connectivity index (χ1v) is 7.00. The van der Waals surface area contributed by atoms with E-state index in [-0.39, 0.29) is 35.7 Å². The molecule has 1 aromatic carbocycles. The Kier molecular flexibility index (Phi) is 4.44. The zero-order valence-corrected chi connectivity index (χ0v) is 12.2. The van der Waals surface area contributed by atoms with Gasteiger partial charge in [0.15, 0.2) is 5.78 Å². The second kappa shape index (κ2) is 5.98. The van der Waals surface area contributed by atoms with E-state index in [9.17, 15) is 22.8 Å². The van der Waals surface area contributed by atoms with Crippen molar-refractivity contribution in [3.8, 4) is 5.75 Å². The fourth-order valence-corrected chi connectivity index (χ4v) is 2.28. The van der Waals surface area contributed by atoms with E-state index in [0.717, 1.165) is 0 Å². The van der Waals surface area contributed by atoms with Gasteiger partial charge in [-0.25, -0.2) is 0 Å². The van der Waals surface area contributed by atoms with Crippen LogP contribution in [0.15, 0.2) is 18.2 Å². The van der Waals surface area contributed by atoms with Crippen LogP contribution in [0.2, 0.25) is 0 Å². The van der Waals surface area contributed by atoms with Crippen molar-refractivity contribution in [1.82, 2.24) is 0 Å². The first-order chi connectivity index (χ1) is 10.3. The van der Waals surface area contributed by atoms with E-state index in [2.05, 4.69) is 0 Å². The predicted octanol–water partition coefficient (Wildman–Crippen LogP) is 3.35. The van der Waals surface area contributed by atoms with Crippen LogP contribution in [0, 0.1) is 0 Å². The Hall–Kier alpha value is -2.05. The molecule has 1 unspecified atom stereocenters. The molecule has 0 saturated carbocycles. The molecule has 1 heterocycles. The molecular weight excluding hydrogens is 299 g/mol. The Morgan fingerprint density at radius 2 is 2.00 bits per heavy atom. The summed E-state index contributed by atoms with van der Waals surface area (Å²) in [4.78, 5) is 24.0. The van der Waals surface area contributed by atoms with Crippen LogP contribution in [-0.2, 0) is 4.79 Å². The monoisotopic (exact) mass is 315 g/mol. The van der Waals surface area contributed by atoms with Crippen molar-refractivity contribution >= 4 is 17.4 Å². The molecule has 0 aromatic heterocycles. The fraction of sp³-hybridized carbons (Fsp3) is 0.467. The summed E-state index contributed by atoms with van der Waals surface area (Å²) in [5.41, 5.74) is 0.256. The Labute approximate surface area is 125 Å². The molecule has 0 radical (unpaired) electrons. The van der Waals surface area contributed by atoms with Gasteiger partial charge in [0.1, 0.15) is 11.9 Å². The Morgan fingerprint density at radius 1 is 1.32 bits per heavy atom. The van der Waals surface area contributed by atoms with Gasteiger partial charge in [0.05, 0.1) is 12.2 Å². The minimum atomic E-state index is -4.97. The summed E-state index contributed by atoms with van der Waals surface area (Å²) in [6.45, 7) is 3.23. The van der Waals surface area contributed by atoms with Crippen LogP contribution in [0.25, 0.3) is 0 Å². The maximum atomic E-state index is 12.8. The number of Topliss-reactive ketones (excluding diaryl/α,β-unsaturated/α-hetero) is 1. The van der Waals surface area contributed by atoms with Crippen LogP contribution in [0.4, 0.5) is 18.9 Å². The molecule has 0 fully saturated rings. The first kappa shape index (κ1) is 16.3. The lowest BCUT2D eigenvalue weighted by molar-refractivity contribution is -0.170. The highest BCUT2D eigenvalue weighted by Gasteiger charge is 2.45. The quantitative estimate of drug-likeness (QED) is 0.804. The Morgan fingerprint density at radius 3 is 2.55 bits per heavy atom. The maximum Gasteiger partial charge on any atom is 0.471 e. The van der Waals surface area contributed by atoms with E-state index >= 15 is 0 Å². The zero-order valence-electron chi connectivity index (χ0n) is 12.2. The van der Waals surface area contributed by atoms with Crippen LogP contribution in [-0.4, -0.2) is 30.5 Å². The first-order valence-electron chi connectivity index (χ1n) is 7.00. The molecule has 2 rings (SSSR count). The fourth-order valence-electron chi connectivity index (χ4n) is 2.28. The van der Waals surface area contributed by atoms with E-state index in [1.165, 1.54) is 18.2 Å². The van der Waals surface area contributed by atoms with Gasteiger partial charge in [0, 0.05) is 12.0 Å². The molecule has 0 saturated heterocycles. The highest BCUT2D eigenvalue weighted by atomic mass is 19.4. The lowest BCUT2D eigenvalue weighted by Gasteiger charge is -2.35. The molecule has 1 amide bonds. The number of amides is 1. The van der Waals surface area contributed by atoms with Gasteiger partial charge < -0.3 is 4.74 Å². The summed E-state index contributed by atoms with van der Waals surface area (Å²) < 4.78 is 43.9. The lowest BCUT2D eigenvalue weighted by atomic mass is 10.0. The lowest BCUT2D eigenvalue weighted by Crippen LogP contribution is -2.48. The molecule has 1 atom stereocenters. The van der Waals surface area contributed by atoms with Crippen molar-refractivity contribution in [3.05, 3.63) is 23.8 Å². The van der Waals surface area contributed by atoms with Gasteiger partial charge in [-0.3, -0.25) is 14.5 Å². The molecule has 7 heteroatoms. The van der Waals surface area contributed by atoms with Gasteiger partial charge in [-0.05, 0) is 24.6 Å². The molecule has 22 heavy (non-hydrogen) atoms. The zero-order chi connectivity index (χ0) is 16.5. The van der Waals surface area contributed by atoms with Crippen LogP contribution < -0.4 is 9.64 Å². The number of hydrogen-bond acceptors (Lipinski definition) is 3. The number of anilines is 1. The third kappa shape index (κ3) is 3.08. The highest BCUT2D eigenvalue weighted by Crippen LogP contribution is 2.37. The maximum absolute atomic E-state index is 12.8. The third-order valence-corrected chi connectivity index (χ3v) is 3.52. The topological polar surface area (TPSA) is 46.6 Å². The average Bonchev–Trinajstić information content (AvgIpc) is 2.50. The molecule has 0 aliphatic carbocycles. The predicted molar refractivity (Wildman–Crippen MR) is 74.2 cm³/mol. The number of alkyl halides is 3. The summed E-state index contributed by atoms with van der Waals surface area (Å²) in [6.07, 6.45) is -4.79. The minimum Gasteiger partial charge on any atom is -0.486 e. The van der Waals surface area contributed by atoms with E-state index in [0.29, 0.717) is 11.3 Å². The number of fused-ring (bicyclic) bond motifs is 1. The molecule has 1 aliphatic heterocycles. The molecule has 0 bridgehead atoms. The third-order valence-electron chi connectivity index (χ3n) is 3.52. The molecule has 4 nitrogen and oxygen atoms in total. The van der Waals surface area contributed by atoms with Crippen LogP contribution in [0.5, 0.6) is 5.75 Å². The number of hydrogen-bond donors (Lipinski definition) is 0. The number of benzene rings is 1. The molecule has 0 N–H and O–H groups in total. The van der Waals surface area contributed by atoms with Gasteiger partial charge in [-0.2, -0.15) is 13.2 Å². The average molecular weight is 315 g/mol. The molecule has 1 aliphatic rings. The van der Waals surface area contributed by atoms with Gasteiger partial charge in [0.2, 0.25) is 0 Å². The van der Waals surface area contributed by atoms with Gasteiger partial charge >= 0.3 is 12.1 Å². The Balaban J connectivity index is 2.48. The second-order valence-corrected chi connectivity index (χ2v) is 5.02. The van der Waals surface area contributed by atoms with Gasteiger partial charge in [-0.15, -0.1) is 0 Å². The van der Waals surface area contributed by atoms with Crippen molar-refractivity contribution in [1.29, 1.82) is 0 Å². The summed E-state index contributed by atoms with van der Waals surface area (Å²) in [5.74, 6) is -1.97. The van der Waals surface area contributed by atoms with E-state index in [4.69, 9.17) is 4.74 Å². The normalized spacial score (nSPS) is 17.7.